The third-order valence-electron chi connectivity index (χ3n) is 5.95. The second-order valence-electron chi connectivity index (χ2n) is 8.01. The summed E-state index contributed by atoms with van der Waals surface area (Å²) in [7, 11) is 0. The molecule has 1 aliphatic heterocycles. The molecular weight excluding hydrogens is 396 g/mol. The van der Waals surface area contributed by atoms with Crippen molar-refractivity contribution < 1.29 is 9.59 Å². The minimum atomic E-state index is -0.226. The Morgan fingerprint density at radius 2 is 1.87 bits per heavy atom. The fourth-order valence-electron chi connectivity index (χ4n) is 4.15. The number of benzene rings is 1. The number of carbonyl (C=O) groups is 2. The molecule has 2 amide bonds. The molecule has 0 unspecified atom stereocenters. The van der Waals surface area contributed by atoms with E-state index in [1.807, 2.05) is 38.1 Å². The Bertz CT molecular complexity index is 1190. The molecule has 0 aliphatic carbocycles. The molecule has 3 heterocycles. The van der Waals surface area contributed by atoms with Crippen LogP contribution in [0.4, 0.5) is 11.4 Å². The summed E-state index contributed by atoms with van der Waals surface area (Å²) in [5.74, 6) is -0.419. The van der Waals surface area contributed by atoms with Crippen molar-refractivity contribution in [3.63, 3.8) is 0 Å². The highest BCUT2D eigenvalue weighted by molar-refractivity contribution is 5.92. The lowest BCUT2D eigenvalue weighted by Crippen LogP contribution is -2.38. The Hall–Kier alpha value is -3.62. The van der Waals surface area contributed by atoms with Crippen molar-refractivity contribution in [1.29, 1.82) is 0 Å². The Balaban J connectivity index is 1.41. The number of aromatic amines is 1. The van der Waals surface area contributed by atoms with E-state index in [9.17, 15) is 14.4 Å². The van der Waals surface area contributed by atoms with E-state index in [1.165, 1.54) is 6.07 Å². The van der Waals surface area contributed by atoms with Gasteiger partial charge in [-0.15, -0.1) is 0 Å². The van der Waals surface area contributed by atoms with E-state index < -0.39 is 0 Å². The topological polar surface area (TPSA) is 126 Å². The van der Waals surface area contributed by atoms with E-state index in [0.29, 0.717) is 11.3 Å². The third-order valence-corrected chi connectivity index (χ3v) is 5.95. The molecule has 3 aromatic rings. The molecule has 1 fully saturated rings. The minimum absolute atomic E-state index is 0.0418. The van der Waals surface area contributed by atoms with Crippen molar-refractivity contribution in [1.82, 2.24) is 14.6 Å². The van der Waals surface area contributed by atoms with E-state index in [-0.39, 0.29) is 29.7 Å². The van der Waals surface area contributed by atoms with E-state index in [4.69, 9.17) is 5.73 Å². The smallest absolute Gasteiger partial charge is 0.266 e. The van der Waals surface area contributed by atoms with Crippen LogP contribution in [0.25, 0.3) is 5.65 Å². The number of rotatable bonds is 5. The number of hydrogen-bond acceptors (Lipinski definition) is 5. The summed E-state index contributed by atoms with van der Waals surface area (Å²) in [4.78, 5) is 42.2. The van der Waals surface area contributed by atoms with Gasteiger partial charge in [0.1, 0.15) is 0 Å². The van der Waals surface area contributed by atoms with E-state index in [2.05, 4.69) is 20.3 Å². The summed E-state index contributed by atoms with van der Waals surface area (Å²) >= 11 is 0. The van der Waals surface area contributed by atoms with Crippen LogP contribution in [0.15, 0.2) is 35.1 Å². The Morgan fingerprint density at radius 1 is 1.19 bits per heavy atom. The molecule has 1 saturated heterocycles. The van der Waals surface area contributed by atoms with Crippen molar-refractivity contribution in [3.05, 3.63) is 57.6 Å². The highest BCUT2D eigenvalue weighted by atomic mass is 16.2. The lowest BCUT2D eigenvalue weighted by Gasteiger charge is -2.32. The number of piperidine rings is 1. The average Bonchev–Trinajstić information content (AvgIpc) is 3.12. The van der Waals surface area contributed by atoms with E-state index >= 15 is 0 Å². The summed E-state index contributed by atoms with van der Waals surface area (Å²) in [5, 5.41) is 5.62. The second kappa shape index (κ2) is 8.25. The van der Waals surface area contributed by atoms with E-state index in [1.54, 1.807) is 4.52 Å². The predicted octanol–water partition coefficient (Wildman–Crippen LogP) is 1.52. The SMILES string of the molecule is Cc1nc2cc(=O)[nH]n2c(C)c1CC(=O)Nc1ccc(N2CCC(C(N)=O)CC2)cc1. The molecule has 4 N–H and O–H groups in total. The summed E-state index contributed by atoms with van der Waals surface area (Å²) in [5.41, 5.74) is 9.77. The molecule has 0 radical (unpaired) electrons. The van der Waals surface area contributed by atoms with Crippen LogP contribution in [0, 0.1) is 19.8 Å². The molecule has 0 saturated carbocycles. The van der Waals surface area contributed by atoms with E-state index in [0.717, 1.165) is 48.6 Å². The number of aromatic nitrogens is 3. The number of carbonyl (C=O) groups excluding carboxylic acids is 2. The van der Waals surface area contributed by atoms with Crippen molar-refractivity contribution in [2.45, 2.75) is 33.1 Å². The number of nitrogens with one attached hydrogen (secondary N) is 2. The molecule has 2 aromatic heterocycles. The predicted molar refractivity (Wildman–Crippen MR) is 118 cm³/mol. The van der Waals surface area contributed by atoms with Crippen molar-refractivity contribution in [2.75, 3.05) is 23.3 Å². The molecule has 0 atom stereocenters. The quantitative estimate of drug-likeness (QED) is 0.575. The average molecular weight is 422 g/mol. The standard InChI is InChI=1S/C22H26N6O3/c1-13-18(14(2)28-19(24-13)12-21(30)26-28)11-20(29)25-16-3-5-17(6-4-16)27-9-7-15(8-10-27)22(23)31/h3-6,12,15H,7-11H2,1-2H3,(H2,23,31)(H,25,29)(H,26,30). The van der Waals surface area contributed by atoms with Crippen LogP contribution < -0.4 is 21.5 Å². The molecule has 4 rings (SSSR count). The largest absolute Gasteiger partial charge is 0.371 e. The molecule has 31 heavy (non-hydrogen) atoms. The van der Waals surface area contributed by atoms with Crippen LogP contribution >= 0.6 is 0 Å². The van der Waals surface area contributed by atoms with Gasteiger partial charge in [0, 0.05) is 53.4 Å². The lowest BCUT2D eigenvalue weighted by molar-refractivity contribution is -0.122. The number of nitrogens with zero attached hydrogens (tertiary/aromatic N) is 3. The van der Waals surface area contributed by atoms with Crippen LogP contribution in [-0.4, -0.2) is 39.5 Å². The van der Waals surface area contributed by atoms with Gasteiger partial charge >= 0.3 is 0 Å². The van der Waals surface area contributed by atoms with Gasteiger partial charge in [-0.2, -0.15) is 0 Å². The molecule has 0 bridgehead atoms. The summed E-state index contributed by atoms with van der Waals surface area (Å²) < 4.78 is 1.61. The zero-order valence-corrected chi connectivity index (χ0v) is 17.6. The molecule has 9 heteroatoms. The van der Waals surface area contributed by atoms with Gasteiger partial charge in [-0.1, -0.05) is 0 Å². The highest BCUT2D eigenvalue weighted by Crippen LogP contribution is 2.24. The molecule has 1 aromatic carbocycles. The minimum Gasteiger partial charge on any atom is -0.371 e. The van der Waals surface area contributed by atoms with Gasteiger partial charge in [0.25, 0.3) is 5.56 Å². The number of primary amides is 1. The Morgan fingerprint density at radius 3 is 2.52 bits per heavy atom. The second-order valence-corrected chi connectivity index (χ2v) is 8.01. The van der Waals surface area contributed by atoms with Gasteiger partial charge in [-0.05, 0) is 51.0 Å². The Kier molecular flexibility index (Phi) is 5.50. The number of hydrogen-bond donors (Lipinski definition) is 3. The summed E-state index contributed by atoms with van der Waals surface area (Å²) in [6.07, 6.45) is 1.68. The summed E-state index contributed by atoms with van der Waals surface area (Å²) in [6.45, 7) is 5.27. The highest BCUT2D eigenvalue weighted by Gasteiger charge is 2.23. The zero-order valence-electron chi connectivity index (χ0n) is 17.6. The maximum absolute atomic E-state index is 12.6. The third kappa shape index (κ3) is 4.30. The van der Waals surface area contributed by atoms with Gasteiger partial charge in [0.05, 0.1) is 6.42 Å². The summed E-state index contributed by atoms with van der Waals surface area (Å²) in [6, 6.07) is 9.11. The van der Waals surface area contributed by atoms with Gasteiger partial charge in [0.15, 0.2) is 5.65 Å². The van der Waals surface area contributed by atoms with Crippen LogP contribution in [-0.2, 0) is 16.0 Å². The first-order valence-electron chi connectivity index (χ1n) is 10.3. The van der Waals surface area contributed by atoms with Gasteiger partial charge in [-0.25, -0.2) is 9.50 Å². The number of nitrogens with two attached hydrogens (primary N) is 1. The fourth-order valence-corrected chi connectivity index (χ4v) is 4.15. The molecule has 162 valence electrons. The fraction of sp³-hybridized carbons (Fsp3) is 0.364. The first-order chi connectivity index (χ1) is 14.8. The number of amides is 2. The molecule has 0 spiro atoms. The van der Waals surface area contributed by atoms with Crippen LogP contribution in [0.3, 0.4) is 0 Å². The Labute approximate surface area is 179 Å². The van der Waals surface area contributed by atoms with Crippen molar-refractivity contribution in [3.8, 4) is 0 Å². The number of fused-ring (bicyclic) bond motifs is 1. The number of anilines is 2. The first-order valence-corrected chi connectivity index (χ1v) is 10.3. The van der Waals surface area contributed by atoms with Gasteiger partial charge < -0.3 is 16.0 Å². The van der Waals surface area contributed by atoms with Crippen LogP contribution in [0.2, 0.25) is 0 Å². The maximum atomic E-state index is 12.6. The van der Waals surface area contributed by atoms with Crippen molar-refractivity contribution >= 4 is 28.8 Å². The monoisotopic (exact) mass is 422 g/mol. The van der Waals surface area contributed by atoms with Crippen molar-refractivity contribution in [2.24, 2.45) is 11.7 Å². The number of aryl methyl sites for hydroxylation is 2. The number of H-pyrrole nitrogens is 1. The maximum Gasteiger partial charge on any atom is 0.266 e. The van der Waals surface area contributed by atoms with Crippen LogP contribution in [0.5, 0.6) is 0 Å². The zero-order chi connectivity index (χ0) is 22.1. The molecular formula is C22H26N6O3. The van der Waals surface area contributed by atoms with Crippen LogP contribution in [0.1, 0.15) is 29.8 Å². The molecule has 1 aliphatic rings. The normalized spacial score (nSPS) is 14.7. The first kappa shape index (κ1) is 20.6. The van der Waals surface area contributed by atoms with Gasteiger partial charge in [0.2, 0.25) is 11.8 Å². The molecule has 9 nitrogen and oxygen atoms in total. The van der Waals surface area contributed by atoms with Gasteiger partial charge in [-0.3, -0.25) is 19.5 Å². The lowest BCUT2D eigenvalue weighted by atomic mass is 9.96.